The van der Waals surface area contributed by atoms with Crippen LogP contribution >= 0.6 is 0 Å². The lowest BCUT2D eigenvalue weighted by molar-refractivity contribution is -0.122. The van der Waals surface area contributed by atoms with Crippen LogP contribution in [0.15, 0.2) is 48.9 Å². The van der Waals surface area contributed by atoms with Gasteiger partial charge in [0.15, 0.2) is 0 Å². The zero-order valence-electron chi connectivity index (χ0n) is 13.8. The van der Waals surface area contributed by atoms with E-state index in [9.17, 15) is 4.79 Å². The molecule has 0 aliphatic rings. The van der Waals surface area contributed by atoms with E-state index in [1.54, 1.807) is 6.20 Å². The number of rotatable bonds is 5. The maximum Gasteiger partial charge on any atom is 0.290 e. The summed E-state index contributed by atoms with van der Waals surface area (Å²) in [5, 5.41) is 14.2. The molecule has 0 fully saturated rings. The quantitative estimate of drug-likeness (QED) is 0.421. The monoisotopic (exact) mass is 340 g/mol. The largest absolute Gasteiger partial charge is 0.483 e. The van der Waals surface area contributed by atoms with Crippen LogP contribution in [-0.2, 0) is 4.79 Å². The molecule has 0 unspecified atom stereocenters. The number of pyridine rings is 1. The second-order valence-corrected chi connectivity index (χ2v) is 5.26. The molecule has 0 atom stereocenters. The SMILES string of the molecule is Cc1cnccc1NCCNC(=O)c1ccc2cc[nH]c2c1.O=CO. The van der Waals surface area contributed by atoms with Gasteiger partial charge in [-0.1, -0.05) is 6.07 Å². The van der Waals surface area contributed by atoms with Crippen LogP contribution in [0.4, 0.5) is 5.69 Å². The van der Waals surface area contributed by atoms with Crippen LogP contribution in [0.3, 0.4) is 0 Å². The Morgan fingerprint density at radius 1 is 1.28 bits per heavy atom. The first-order chi connectivity index (χ1) is 12.2. The van der Waals surface area contributed by atoms with Crippen molar-refractivity contribution in [2.75, 3.05) is 18.4 Å². The number of benzene rings is 1. The molecule has 25 heavy (non-hydrogen) atoms. The predicted molar refractivity (Wildman–Crippen MR) is 96.8 cm³/mol. The molecule has 4 N–H and O–H groups in total. The number of aryl methyl sites for hydroxylation is 1. The highest BCUT2D eigenvalue weighted by molar-refractivity contribution is 5.97. The van der Waals surface area contributed by atoms with Crippen LogP contribution in [-0.4, -0.2) is 40.5 Å². The predicted octanol–water partition coefficient (Wildman–Crippen LogP) is 2.41. The van der Waals surface area contributed by atoms with Gasteiger partial charge in [-0.3, -0.25) is 14.6 Å². The number of H-pyrrole nitrogens is 1. The summed E-state index contributed by atoms with van der Waals surface area (Å²) in [6.07, 6.45) is 5.43. The van der Waals surface area contributed by atoms with Gasteiger partial charge in [0, 0.05) is 48.4 Å². The van der Waals surface area contributed by atoms with E-state index in [2.05, 4.69) is 20.6 Å². The number of carbonyl (C=O) groups excluding carboxylic acids is 1. The number of carbonyl (C=O) groups is 2. The van der Waals surface area contributed by atoms with E-state index in [0.717, 1.165) is 22.2 Å². The lowest BCUT2D eigenvalue weighted by atomic mass is 10.1. The normalized spacial score (nSPS) is 9.80. The summed E-state index contributed by atoms with van der Waals surface area (Å²) >= 11 is 0. The second-order valence-electron chi connectivity index (χ2n) is 5.26. The molecule has 0 saturated heterocycles. The van der Waals surface area contributed by atoms with Gasteiger partial charge in [-0.05, 0) is 42.1 Å². The van der Waals surface area contributed by atoms with Crippen molar-refractivity contribution in [3.05, 3.63) is 60.0 Å². The van der Waals surface area contributed by atoms with Crippen molar-refractivity contribution >= 4 is 29.0 Å². The first kappa shape index (κ1) is 18.0. The lowest BCUT2D eigenvalue weighted by Gasteiger charge is -2.10. The number of nitrogens with one attached hydrogen (secondary N) is 3. The summed E-state index contributed by atoms with van der Waals surface area (Å²) in [5.41, 5.74) is 3.76. The molecule has 0 bridgehead atoms. The van der Waals surface area contributed by atoms with Gasteiger partial charge in [0.2, 0.25) is 0 Å². The minimum Gasteiger partial charge on any atom is -0.483 e. The summed E-state index contributed by atoms with van der Waals surface area (Å²) in [7, 11) is 0. The van der Waals surface area contributed by atoms with Gasteiger partial charge in [-0.2, -0.15) is 0 Å². The highest BCUT2D eigenvalue weighted by Crippen LogP contribution is 2.14. The zero-order chi connectivity index (χ0) is 18.1. The van der Waals surface area contributed by atoms with Gasteiger partial charge in [0.1, 0.15) is 0 Å². The van der Waals surface area contributed by atoms with Crippen LogP contribution in [0.1, 0.15) is 15.9 Å². The van der Waals surface area contributed by atoms with E-state index in [1.807, 2.05) is 49.6 Å². The van der Waals surface area contributed by atoms with Gasteiger partial charge in [0.25, 0.3) is 12.4 Å². The van der Waals surface area contributed by atoms with E-state index in [4.69, 9.17) is 9.90 Å². The Labute approximate surface area is 145 Å². The van der Waals surface area contributed by atoms with Crippen molar-refractivity contribution in [2.24, 2.45) is 0 Å². The minimum absolute atomic E-state index is 0.0650. The van der Waals surface area contributed by atoms with Crippen molar-refractivity contribution in [1.29, 1.82) is 0 Å². The fraction of sp³-hybridized carbons (Fsp3) is 0.167. The smallest absolute Gasteiger partial charge is 0.290 e. The molecule has 1 amide bonds. The van der Waals surface area contributed by atoms with Crippen molar-refractivity contribution < 1.29 is 14.7 Å². The first-order valence-corrected chi connectivity index (χ1v) is 7.73. The van der Waals surface area contributed by atoms with Crippen LogP contribution < -0.4 is 10.6 Å². The van der Waals surface area contributed by atoms with Crippen LogP contribution in [0.5, 0.6) is 0 Å². The Balaban J connectivity index is 0.000000701. The number of carboxylic acid groups (broad SMARTS) is 1. The maximum atomic E-state index is 12.1. The average molecular weight is 340 g/mol. The van der Waals surface area contributed by atoms with Gasteiger partial charge in [-0.15, -0.1) is 0 Å². The number of hydrogen-bond acceptors (Lipinski definition) is 4. The minimum atomic E-state index is -0.250. The third-order valence-corrected chi connectivity index (χ3v) is 3.56. The van der Waals surface area contributed by atoms with Gasteiger partial charge < -0.3 is 20.7 Å². The zero-order valence-corrected chi connectivity index (χ0v) is 13.8. The molecule has 0 spiro atoms. The number of fused-ring (bicyclic) bond motifs is 1. The molecular weight excluding hydrogens is 320 g/mol. The Kier molecular flexibility index (Phi) is 6.53. The molecule has 0 radical (unpaired) electrons. The Morgan fingerprint density at radius 3 is 2.84 bits per heavy atom. The van der Waals surface area contributed by atoms with Gasteiger partial charge in [-0.25, -0.2) is 0 Å². The van der Waals surface area contributed by atoms with Crippen LogP contribution in [0.2, 0.25) is 0 Å². The number of hydrogen-bond donors (Lipinski definition) is 4. The summed E-state index contributed by atoms with van der Waals surface area (Å²) < 4.78 is 0. The summed E-state index contributed by atoms with van der Waals surface area (Å²) in [4.78, 5) is 27.6. The Hall–Kier alpha value is -3.35. The Bertz CT molecular complexity index is 845. The van der Waals surface area contributed by atoms with E-state index in [-0.39, 0.29) is 12.4 Å². The van der Waals surface area contributed by atoms with Crippen LogP contribution in [0.25, 0.3) is 10.9 Å². The standard InChI is InChI=1S/C17H18N4O.CH2O2/c1-12-11-18-6-5-15(12)20-8-9-21-17(22)14-3-2-13-4-7-19-16(13)10-14;2-1-3/h2-7,10-11,19H,8-9H2,1H3,(H,18,20)(H,21,22);1H,(H,2,3). The molecule has 2 heterocycles. The van der Waals surface area contributed by atoms with E-state index in [0.29, 0.717) is 18.7 Å². The summed E-state index contributed by atoms with van der Waals surface area (Å²) in [5.74, 6) is -0.0650. The fourth-order valence-electron chi connectivity index (χ4n) is 2.34. The second kappa shape index (κ2) is 9.07. The molecule has 0 saturated carbocycles. The highest BCUT2D eigenvalue weighted by Gasteiger charge is 2.06. The summed E-state index contributed by atoms with van der Waals surface area (Å²) in [6, 6.07) is 9.56. The molecule has 7 nitrogen and oxygen atoms in total. The lowest BCUT2D eigenvalue weighted by Crippen LogP contribution is -2.28. The van der Waals surface area contributed by atoms with Gasteiger partial charge >= 0.3 is 0 Å². The fourth-order valence-corrected chi connectivity index (χ4v) is 2.34. The third-order valence-electron chi connectivity index (χ3n) is 3.56. The van der Waals surface area contributed by atoms with Crippen LogP contribution in [0, 0.1) is 6.92 Å². The molecule has 3 aromatic rings. The maximum absolute atomic E-state index is 12.1. The topological polar surface area (TPSA) is 107 Å². The summed E-state index contributed by atoms with van der Waals surface area (Å²) in [6.45, 7) is 2.98. The molecule has 0 aliphatic carbocycles. The number of nitrogens with zero attached hydrogens (tertiary/aromatic N) is 1. The first-order valence-electron chi connectivity index (χ1n) is 7.73. The molecule has 2 aromatic heterocycles. The molecule has 130 valence electrons. The molecular formula is C18H20N4O3. The van der Waals surface area contributed by atoms with Crippen molar-refractivity contribution in [2.45, 2.75) is 6.92 Å². The average Bonchev–Trinajstić information content (AvgIpc) is 3.08. The highest BCUT2D eigenvalue weighted by atomic mass is 16.3. The number of aromatic nitrogens is 2. The van der Waals surface area contributed by atoms with E-state index < -0.39 is 0 Å². The number of amides is 1. The van der Waals surface area contributed by atoms with Crippen molar-refractivity contribution in [3.63, 3.8) is 0 Å². The Morgan fingerprint density at radius 2 is 2.08 bits per heavy atom. The van der Waals surface area contributed by atoms with E-state index in [1.165, 1.54) is 0 Å². The number of aromatic amines is 1. The van der Waals surface area contributed by atoms with Crippen molar-refractivity contribution in [1.82, 2.24) is 15.3 Å². The third kappa shape index (κ3) is 5.07. The van der Waals surface area contributed by atoms with Crippen molar-refractivity contribution in [3.8, 4) is 0 Å². The molecule has 0 aliphatic heterocycles. The van der Waals surface area contributed by atoms with Gasteiger partial charge in [0.05, 0.1) is 0 Å². The molecule has 3 rings (SSSR count). The molecule has 1 aromatic carbocycles. The number of anilines is 1. The molecule has 7 heteroatoms. The van der Waals surface area contributed by atoms with E-state index >= 15 is 0 Å².